The molecule has 2 aromatic rings. The Hall–Kier alpha value is -2.29. The fourth-order valence-corrected chi connectivity index (χ4v) is 5.32. The lowest BCUT2D eigenvalue weighted by atomic mass is 10.0. The molecule has 37 heavy (non-hydrogen) atoms. The Morgan fingerprint density at radius 3 is 2.22 bits per heavy atom. The molecule has 10 heteroatoms. The number of rotatable bonds is 11. The number of hydrogen-bond donors (Lipinski definition) is 1. The number of carbonyl (C=O) groups excluding carboxylic acids is 2. The first-order chi connectivity index (χ1) is 17.1. The highest BCUT2D eigenvalue weighted by molar-refractivity contribution is 7.92. The minimum atomic E-state index is -3.61. The van der Waals surface area contributed by atoms with E-state index in [2.05, 4.69) is 5.32 Å². The molecule has 0 aliphatic heterocycles. The molecule has 0 saturated heterocycles. The number of nitrogens with zero attached hydrogens (tertiary/aromatic N) is 2. The molecule has 0 aromatic heterocycles. The molecule has 0 aliphatic rings. The number of nitrogens with one attached hydrogen (secondary N) is 1. The van der Waals surface area contributed by atoms with Crippen molar-refractivity contribution in [2.45, 2.75) is 72.0 Å². The SMILES string of the molecule is CC[C@@H](C(=O)NC(C)(C)C)N(Cc1ccc(Cl)cc1)C(=O)CCCN(c1cccc(Cl)c1C)S(C)(=O)=O. The van der Waals surface area contributed by atoms with Gasteiger partial charge in [0, 0.05) is 35.1 Å². The highest BCUT2D eigenvalue weighted by atomic mass is 35.5. The molecule has 1 atom stereocenters. The van der Waals surface area contributed by atoms with Gasteiger partial charge in [0.2, 0.25) is 21.8 Å². The Kier molecular flexibility index (Phi) is 10.9. The van der Waals surface area contributed by atoms with Crippen LogP contribution in [0.5, 0.6) is 0 Å². The summed E-state index contributed by atoms with van der Waals surface area (Å²) in [6.07, 6.45) is 1.90. The quantitative estimate of drug-likeness (QED) is 0.383. The molecule has 0 spiro atoms. The number of halogens is 2. The van der Waals surface area contributed by atoms with Crippen molar-refractivity contribution < 1.29 is 18.0 Å². The molecule has 0 aliphatic carbocycles. The summed E-state index contributed by atoms with van der Waals surface area (Å²) in [6, 6.07) is 11.5. The second-order valence-corrected chi connectivity index (χ2v) is 12.9. The molecule has 2 amide bonds. The van der Waals surface area contributed by atoms with Crippen molar-refractivity contribution in [1.29, 1.82) is 0 Å². The molecule has 0 bridgehead atoms. The van der Waals surface area contributed by atoms with E-state index in [0.717, 1.165) is 11.8 Å². The Morgan fingerprint density at radius 1 is 1.05 bits per heavy atom. The maximum atomic E-state index is 13.5. The lowest BCUT2D eigenvalue weighted by molar-refractivity contribution is -0.142. The van der Waals surface area contributed by atoms with Crippen LogP contribution in [0.15, 0.2) is 42.5 Å². The second-order valence-electron chi connectivity index (χ2n) is 10.1. The summed E-state index contributed by atoms with van der Waals surface area (Å²) in [7, 11) is -3.61. The molecule has 0 unspecified atom stereocenters. The fraction of sp³-hybridized carbons (Fsp3) is 0.481. The van der Waals surface area contributed by atoms with E-state index in [1.54, 1.807) is 42.2 Å². The van der Waals surface area contributed by atoms with Gasteiger partial charge in [-0.1, -0.05) is 48.3 Å². The first kappa shape index (κ1) is 30.9. The summed E-state index contributed by atoms with van der Waals surface area (Å²) < 4.78 is 26.4. The monoisotopic (exact) mass is 569 g/mol. The molecule has 204 valence electrons. The summed E-state index contributed by atoms with van der Waals surface area (Å²) >= 11 is 12.2. The third-order valence-electron chi connectivity index (χ3n) is 5.81. The number of anilines is 1. The van der Waals surface area contributed by atoms with Crippen LogP contribution < -0.4 is 9.62 Å². The lowest BCUT2D eigenvalue weighted by Crippen LogP contribution is -2.53. The Morgan fingerprint density at radius 2 is 1.68 bits per heavy atom. The largest absolute Gasteiger partial charge is 0.350 e. The van der Waals surface area contributed by atoms with Crippen LogP contribution in [0.25, 0.3) is 0 Å². The van der Waals surface area contributed by atoms with E-state index < -0.39 is 21.6 Å². The predicted molar refractivity (Wildman–Crippen MR) is 152 cm³/mol. The van der Waals surface area contributed by atoms with Gasteiger partial charge in [0.1, 0.15) is 6.04 Å². The summed E-state index contributed by atoms with van der Waals surface area (Å²) in [4.78, 5) is 28.2. The maximum Gasteiger partial charge on any atom is 0.243 e. The number of sulfonamides is 1. The molecular weight excluding hydrogens is 533 g/mol. The van der Waals surface area contributed by atoms with E-state index in [-0.39, 0.29) is 37.7 Å². The molecule has 0 radical (unpaired) electrons. The number of amides is 2. The molecule has 0 fully saturated rings. The Bertz CT molecular complexity index is 1200. The highest BCUT2D eigenvalue weighted by Crippen LogP contribution is 2.28. The summed E-state index contributed by atoms with van der Waals surface area (Å²) in [5, 5.41) is 4.02. The van der Waals surface area contributed by atoms with Crippen LogP contribution in [0.3, 0.4) is 0 Å². The first-order valence-corrected chi connectivity index (χ1v) is 14.8. The average molecular weight is 571 g/mol. The molecule has 2 aromatic carbocycles. The fourth-order valence-electron chi connectivity index (χ4n) is 4.01. The topological polar surface area (TPSA) is 86.8 Å². The van der Waals surface area contributed by atoms with E-state index in [0.29, 0.717) is 27.7 Å². The summed E-state index contributed by atoms with van der Waals surface area (Å²) in [5.41, 5.74) is 1.52. The van der Waals surface area contributed by atoms with Crippen LogP contribution in [0.1, 0.15) is 58.1 Å². The van der Waals surface area contributed by atoms with Crippen LogP contribution in [0, 0.1) is 6.92 Å². The van der Waals surface area contributed by atoms with Crippen LogP contribution in [-0.2, 0) is 26.2 Å². The molecule has 7 nitrogen and oxygen atoms in total. The van der Waals surface area contributed by atoms with E-state index in [9.17, 15) is 18.0 Å². The van der Waals surface area contributed by atoms with Gasteiger partial charge in [-0.15, -0.1) is 0 Å². The van der Waals surface area contributed by atoms with Gasteiger partial charge < -0.3 is 10.2 Å². The van der Waals surface area contributed by atoms with Gasteiger partial charge in [-0.3, -0.25) is 13.9 Å². The zero-order chi connectivity index (χ0) is 28.0. The van der Waals surface area contributed by atoms with Gasteiger partial charge in [-0.25, -0.2) is 8.42 Å². The van der Waals surface area contributed by atoms with Crippen LogP contribution >= 0.6 is 23.2 Å². The molecule has 0 saturated carbocycles. The number of carbonyl (C=O) groups is 2. The van der Waals surface area contributed by atoms with Gasteiger partial charge in [0.25, 0.3) is 0 Å². The Balaban J connectivity index is 2.27. The normalized spacial score (nSPS) is 12.6. The first-order valence-electron chi connectivity index (χ1n) is 12.2. The standard InChI is InChI=1S/C27H37Cl2N3O4S/c1-7-23(26(34)30-27(3,4)5)31(18-20-13-15-21(28)16-14-20)25(33)12-9-17-32(37(6,35)36)24-11-8-10-22(29)19(24)2/h8,10-11,13-16,23H,7,9,12,17-18H2,1-6H3,(H,30,34)/t23-/m0/s1. The lowest BCUT2D eigenvalue weighted by Gasteiger charge is -2.33. The van der Waals surface area contributed by atoms with E-state index in [1.807, 2.05) is 39.8 Å². The van der Waals surface area contributed by atoms with Gasteiger partial charge in [-0.2, -0.15) is 0 Å². The van der Waals surface area contributed by atoms with E-state index in [1.165, 1.54) is 4.31 Å². The number of benzene rings is 2. The highest BCUT2D eigenvalue weighted by Gasteiger charge is 2.31. The van der Waals surface area contributed by atoms with Gasteiger partial charge >= 0.3 is 0 Å². The van der Waals surface area contributed by atoms with Crippen molar-refractivity contribution in [1.82, 2.24) is 10.2 Å². The van der Waals surface area contributed by atoms with Crippen LogP contribution in [0.4, 0.5) is 5.69 Å². The minimum Gasteiger partial charge on any atom is -0.350 e. The molecular formula is C27H37Cl2N3O4S. The molecule has 0 heterocycles. The van der Waals surface area contributed by atoms with Crippen LogP contribution in [-0.4, -0.2) is 49.5 Å². The maximum absolute atomic E-state index is 13.5. The van der Waals surface area contributed by atoms with Gasteiger partial charge in [-0.05, 0) is 75.9 Å². The van der Waals surface area contributed by atoms with Gasteiger partial charge in [0.05, 0.1) is 11.9 Å². The summed E-state index contributed by atoms with van der Waals surface area (Å²) in [5.74, 6) is -0.466. The van der Waals surface area contributed by atoms with Crippen molar-refractivity contribution in [2.75, 3.05) is 17.1 Å². The molecule has 1 N–H and O–H groups in total. The van der Waals surface area contributed by atoms with Crippen molar-refractivity contribution >= 4 is 50.7 Å². The van der Waals surface area contributed by atoms with Gasteiger partial charge in [0.15, 0.2) is 0 Å². The smallest absolute Gasteiger partial charge is 0.243 e. The number of hydrogen-bond acceptors (Lipinski definition) is 4. The van der Waals surface area contributed by atoms with Crippen molar-refractivity contribution in [2.24, 2.45) is 0 Å². The van der Waals surface area contributed by atoms with E-state index in [4.69, 9.17) is 23.2 Å². The summed E-state index contributed by atoms with van der Waals surface area (Å²) in [6.45, 7) is 9.62. The molecule has 2 rings (SSSR count). The average Bonchev–Trinajstić information content (AvgIpc) is 2.78. The third kappa shape index (κ3) is 9.20. The predicted octanol–water partition coefficient (Wildman–Crippen LogP) is 5.57. The second kappa shape index (κ2) is 13.0. The van der Waals surface area contributed by atoms with Crippen LogP contribution in [0.2, 0.25) is 10.0 Å². The van der Waals surface area contributed by atoms with Crippen molar-refractivity contribution in [3.8, 4) is 0 Å². The van der Waals surface area contributed by atoms with Crippen molar-refractivity contribution in [3.05, 3.63) is 63.6 Å². The zero-order valence-corrected chi connectivity index (χ0v) is 24.7. The van der Waals surface area contributed by atoms with Crippen molar-refractivity contribution in [3.63, 3.8) is 0 Å². The third-order valence-corrected chi connectivity index (χ3v) is 7.65. The Labute approximate surface area is 231 Å². The minimum absolute atomic E-state index is 0.0680. The zero-order valence-electron chi connectivity index (χ0n) is 22.3. The van der Waals surface area contributed by atoms with E-state index >= 15 is 0 Å².